The minimum Gasteiger partial charge on any atom is -0.299 e. The van der Waals surface area contributed by atoms with E-state index in [1.165, 1.54) is 19.3 Å². The average molecular weight is 410 g/mol. The maximum atomic E-state index is 10.9. The van der Waals surface area contributed by atoms with E-state index in [1.54, 1.807) is 42.2 Å². The van der Waals surface area contributed by atoms with Gasteiger partial charge in [0.25, 0.3) is 5.69 Å². The Morgan fingerprint density at radius 3 is 2.66 bits per heavy atom. The summed E-state index contributed by atoms with van der Waals surface area (Å²) in [4.78, 5) is 14.7. The second-order valence-corrected chi connectivity index (χ2v) is 8.40. The van der Waals surface area contributed by atoms with Crippen molar-refractivity contribution in [1.82, 2.24) is 19.7 Å². The van der Waals surface area contributed by atoms with Crippen LogP contribution >= 0.6 is 11.8 Å². The zero-order chi connectivity index (χ0) is 20.2. The van der Waals surface area contributed by atoms with E-state index in [1.807, 2.05) is 18.3 Å². The SMILES string of the molecule is CC1CCCCC1n1c(SCc2ccc([N+](=O)[O-])cc2)nnc1-c1cccnc1. The second kappa shape index (κ2) is 8.73. The Hall–Kier alpha value is -2.74. The highest BCUT2D eigenvalue weighted by atomic mass is 32.2. The van der Waals surface area contributed by atoms with Gasteiger partial charge in [-0.25, -0.2) is 0 Å². The number of pyridine rings is 1. The summed E-state index contributed by atoms with van der Waals surface area (Å²) in [7, 11) is 0. The number of thioether (sulfide) groups is 1. The number of non-ortho nitro benzene ring substituents is 1. The van der Waals surface area contributed by atoms with E-state index in [2.05, 4.69) is 26.7 Å². The molecule has 0 radical (unpaired) electrons. The van der Waals surface area contributed by atoms with Crippen molar-refractivity contribution in [2.75, 3.05) is 0 Å². The molecule has 0 N–H and O–H groups in total. The molecule has 29 heavy (non-hydrogen) atoms. The number of nitro groups is 1. The molecule has 2 aromatic heterocycles. The van der Waals surface area contributed by atoms with Gasteiger partial charge in [0.15, 0.2) is 11.0 Å². The molecular formula is C21H23N5O2S. The predicted octanol–water partition coefficient (Wildman–Crippen LogP) is 5.29. The summed E-state index contributed by atoms with van der Waals surface area (Å²) in [5, 5.41) is 20.8. The fraction of sp³-hybridized carbons (Fsp3) is 0.381. The first kappa shape index (κ1) is 19.6. The lowest BCUT2D eigenvalue weighted by molar-refractivity contribution is -0.384. The van der Waals surface area contributed by atoms with Crippen LogP contribution in [0.5, 0.6) is 0 Å². The number of benzene rings is 1. The van der Waals surface area contributed by atoms with Crippen LogP contribution in [0.3, 0.4) is 0 Å². The van der Waals surface area contributed by atoms with Crippen LogP contribution < -0.4 is 0 Å². The van der Waals surface area contributed by atoms with Gasteiger partial charge in [-0.15, -0.1) is 10.2 Å². The number of nitrogens with zero attached hydrogens (tertiary/aromatic N) is 5. The summed E-state index contributed by atoms with van der Waals surface area (Å²) in [6, 6.07) is 11.0. The molecule has 7 nitrogen and oxygen atoms in total. The Balaban J connectivity index is 1.62. The lowest BCUT2D eigenvalue weighted by atomic mass is 9.85. The van der Waals surface area contributed by atoms with E-state index in [0.29, 0.717) is 17.7 Å². The van der Waals surface area contributed by atoms with Gasteiger partial charge in [0.05, 0.1) is 4.92 Å². The van der Waals surface area contributed by atoms with Crippen LogP contribution in [0.2, 0.25) is 0 Å². The summed E-state index contributed by atoms with van der Waals surface area (Å²) in [6.07, 6.45) is 8.41. The summed E-state index contributed by atoms with van der Waals surface area (Å²) < 4.78 is 2.29. The summed E-state index contributed by atoms with van der Waals surface area (Å²) in [5.74, 6) is 2.11. The Morgan fingerprint density at radius 1 is 1.17 bits per heavy atom. The second-order valence-electron chi connectivity index (χ2n) is 7.46. The maximum absolute atomic E-state index is 10.9. The van der Waals surface area contributed by atoms with Crippen LogP contribution in [-0.4, -0.2) is 24.7 Å². The van der Waals surface area contributed by atoms with E-state index in [9.17, 15) is 10.1 Å². The van der Waals surface area contributed by atoms with Crippen molar-refractivity contribution in [3.05, 3.63) is 64.5 Å². The first-order valence-corrected chi connectivity index (χ1v) is 10.8. The highest BCUT2D eigenvalue weighted by molar-refractivity contribution is 7.98. The van der Waals surface area contributed by atoms with E-state index in [0.717, 1.165) is 28.5 Å². The molecule has 1 aliphatic carbocycles. The average Bonchev–Trinajstić information content (AvgIpc) is 3.17. The molecule has 0 saturated heterocycles. The molecule has 1 aliphatic rings. The number of aromatic nitrogens is 4. The molecule has 0 amide bonds. The van der Waals surface area contributed by atoms with E-state index in [-0.39, 0.29) is 10.6 Å². The normalized spacial score (nSPS) is 19.2. The molecule has 0 spiro atoms. The largest absolute Gasteiger partial charge is 0.299 e. The topological polar surface area (TPSA) is 86.7 Å². The van der Waals surface area contributed by atoms with E-state index < -0.39 is 0 Å². The standard InChI is InChI=1S/C21H23N5O2S/c1-15-5-2-3-7-19(15)25-20(17-6-4-12-22-13-17)23-24-21(25)29-14-16-8-10-18(11-9-16)26(27)28/h4,6,8-13,15,19H,2-3,5,7,14H2,1H3. The molecule has 2 atom stereocenters. The summed E-state index contributed by atoms with van der Waals surface area (Å²) in [5.41, 5.74) is 2.10. The lowest BCUT2D eigenvalue weighted by Gasteiger charge is -2.31. The van der Waals surface area contributed by atoms with Gasteiger partial charge in [-0.3, -0.25) is 19.7 Å². The first-order valence-electron chi connectivity index (χ1n) is 9.85. The Morgan fingerprint density at radius 2 is 1.97 bits per heavy atom. The molecule has 0 aliphatic heterocycles. The Bertz CT molecular complexity index is 974. The molecule has 1 aromatic carbocycles. The van der Waals surface area contributed by atoms with E-state index in [4.69, 9.17) is 0 Å². The molecule has 3 aromatic rings. The van der Waals surface area contributed by atoms with Crippen molar-refractivity contribution in [3.8, 4) is 11.4 Å². The zero-order valence-corrected chi connectivity index (χ0v) is 17.1. The number of rotatable bonds is 6. The molecule has 0 bridgehead atoms. The first-order chi connectivity index (χ1) is 14.1. The molecule has 1 saturated carbocycles. The minimum absolute atomic E-state index is 0.108. The summed E-state index contributed by atoms with van der Waals surface area (Å²) in [6.45, 7) is 2.31. The van der Waals surface area contributed by atoms with Gasteiger partial charge < -0.3 is 0 Å². The number of nitro benzene ring substituents is 1. The van der Waals surface area contributed by atoms with Crippen molar-refractivity contribution in [2.24, 2.45) is 5.92 Å². The van der Waals surface area contributed by atoms with Crippen molar-refractivity contribution in [3.63, 3.8) is 0 Å². The maximum Gasteiger partial charge on any atom is 0.269 e. The number of hydrogen-bond acceptors (Lipinski definition) is 6. The monoisotopic (exact) mass is 409 g/mol. The summed E-state index contributed by atoms with van der Waals surface area (Å²) >= 11 is 1.62. The van der Waals surface area contributed by atoms with Gasteiger partial charge in [0, 0.05) is 41.9 Å². The molecule has 4 rings (SSSR count). The molecular weight excluding hydrogens is 386 g/mol. The van der Waals surface area contributed by atoms with Gasteiger partial charge in [-0.2, -0.15) is 0 Å². The van der Waals surface area contributed by atoms with Crippen molar-refractivity contribution < 1.29 is 4.92 Å². The fourth-order valence-electron chi connectivity index (χ4n) is 3.91. The van der Waals surface area contributed by atoms with Gasteiger partial charge in [-0.05, 0) is 36.5 Å². The molecule has 1 fully saturated rings. The van der Waals surface area contributed by atoms with Crippen LogP contribution in [0, 0.1) is 16.0 Å². The third-order valence-corrected chi connectivity index (χ3v) is 6.51. The van der Waals surface area contributed by atoms with Crippen LogP contribution in [-0.2, 0) is 5.75 Å². The van der Waals surface area contributed by atoms with Crippen LogP contribution in [0.1, 0.15) is 44.2 Å². The van der Waals surface area contributed by atoms with Gasteiger partial charge in [0.1, 0.15) is 0 Å². The van der Waals surface area contributed by atoms with Crippen molar-refractivity contribution >= 4 is 17.4 Å². The molecule has 150 valence electrons. The van der Waals surface area contributed by atoms with Crippen molar-refractivity contribution in [1.29, 1.82) is 0 Å². The van der Waals surface area contributed by atoms with Crippen LogP contribution in [0.4, 0.5) is 5.69 Å². The highest BCUT2D eigenvalue weighted by Crippen LogP contribution is 2.39. The van der Waals surface area contributed by atoms with Gasteiger partial charge in [-0.1, -0.05) is 43.7 Å². The molecule has 8 heteroatoms. The Kier molecular flexibility index (Phi) is 5.89. The number of hydrogen-bond donors (Lipinski definition) is 0. The smallest absolute Gasteiger partial charge is 0.269 e. The van der Waals surface area contributed by atoms with Crippen LogP contribution in [0.25, 0.3) is 11.4 Å². The third kappa shape index (κ3) is 4.32. The third-order valence-electron chi connectivity index (χ3n) is 5.50. The Labute approximate surface area is 173 Å². The molecule has 2 heterocycles. The lowest BCUT2D eigenvalue weighted by Crippen LogP contribution is -2.22. The minimum atomic E-state index is -0.377. The van der Waals surface area contributed by atoms with Crippen LogP contribution in [0.15, 0.2) is 53.9 Å². The van der Waals surface area contributed by atoms with Crippen molar-refractivity contribution in [2.45, 2.75) is 49.6 Å². The quantitative estimate of drug-likeness (QED) is 0.312. The highest BCUT2D eigenvalue weighted by Gasteiger charge is 2.28. The van der Waals surface area contributed by atoms with Gasteiger partial charge in [0.2, 0.25) is 0 Å². The van der Waals surface area contributed by atoms with E-state index >= 15 is 0 Å². The fourth-order valence-corrected chi connectivity index (χ4v) is 4.86. The zero-order valence-electron chi connectivity index (χ0n) is 16.3. The molecule has 2 unspecified atom stereocenters. The predicted molar refractivity (Wildman–Crippen MR) is 113 cm³/mol. The van der Waals surface area contributed by atoms with Gasteiger partial charge >= 0.3 is 0 Å².